The summed E-state index contributed by atoms with van der Waals surface area (Å²) in [5, 5.41) is 3.00. The largest absolute Gasteiger partial charge is 0.496 e. The van der Waals surface area contributed by atoms with Crippen LogP contribution in [-0.4, -0.2) is 26.1 Å². The van der Waals surface area contributed by atoms with E-state index in [1.165, 1.54) is 16.7 Å². The number of amides is 1. The Morgan fingerprint density at radius 2 is 2.06 bits per heavy atom. The number of carbonyl (C=O) groups is 1. The smallest absolute Gasteiger partial charge is 0.231 e. The van der Waals surface area contributed by atoms with Crippen molar-refractivity contribution < 1.29 is 9.53 Å². The zero-order valence-corrected chi connectivity index (χ0v) is 10.7. The van der Waals surface area contributed by atoms with E-state index in [2.05, 4.69) is 25.2 Å². The molecule has 0 fully saturated rings. The predicted molar refractivity (Wildman–Crippen MR) is 68.2 cm³/mol. The van der Waals surface area contributed by atoms with Gasteiger partial charge in [-0.1, -0.05) is 6.07 Å². The third-order valence-electron chi connectivity index (χ3n) is 2.94. The number of methoxy groups -OCH3 is 1. The van der Waals surface area contributed by atoms with E-state index in [-0.39, 0.29) is 12.5 Å². The first-order valence-corrected chi connectivity index (χ1v) is 5.68. The topological polar surface area (TPSA) is 64.3 Å². The Labute approximate surface area is 102 Å². The molecule has 0 atom stereocenters. The van der Waals surface area contributed by atoms with Crippen LogP contribution in [0.2, 0.25) is 0 Å². The minimum atomic E-state index is -0.326. The third-order valence-corrected chi connectivity index (χ3v) is 2.94. The van der Waals surface area contributed by atoms with Crippen LogP contribution in [0.3, 0.4) is 0 Å². The number of ether oxygens (including phenoxy) is 1. The van der Waals surface area contributed by atoms with E-state index in [0.717, 1.165) is 18.7 Å². The summed E-state index contributed by atoms with van der Waals surface area (Å²) in [5.41, 5.74) is 8.72. The second-order valence-electron chi connectivity index (χ2n) is 4.07. The van der Waals surface area contributed by atoms with E-state index in [1.807, 2.05) is 6.07 Å². The summed E-state index contributed by atoms with van der Waals surface area (Å²) in [4.78, 5) is 10.6. The lowest BCUT2D eigenvalue weighted by Crippen LogP contribution is -2.30. The van der Waals surface area contributed by atoms with Gasteiger partial charge in [-0.3, -0.25) is 4.79 Å². The summed E-state index contributed by atoms with van der Waals surface area (Å²) >= 11 is 0. The number of nitrogens with one attached hydrogen (secondary N) is 1. The highest BCUT2D eigenvalue weighted by atomic mass is 16.5. The minimum Gasteiger partial charge on any atom is -0.496 e. The van der Waals surface area contributed by atoms with Crippen LogP contribution in [0.15, 0.2) is 12.1 Å². The number of benzene rings is 1. The fraction of sp³-hybridized carbons (Fsp3) is 0.462. The summed E-state index contributed by atoms with van der Waals surface area (Å²) in [6.45, 7) is 5.11. The van der Waals surface area contributed by atoms with Gasteiger partial charge < -0.3 is 15.8 Å². The number of hydrogen-bond acceptors (Lipinski definition) is 3. The molecule has 3 N–H and O–H groups in total. The average Bonchev–Trinajstić information content (AvgIpc) is 2.29. The lowest BCUT2D eigenvalue weighted by atomic mass is 10.00. The summed E-state index contributed by atoms with van der Waals surface area (Å²) < 4.78 is 5.26. The van der Waals surface area contributed by atoms with Gasteiger partial charge in [0, 0.05) is 0 Å². The van der Waals surface area contributed by atoms with E-state index < -0.39 is 0 Å². The quantitative estimate of drug-likeness (QED) is 0.722. The van der Waals surface area contributed by atoms with Crippen LogP contribution in [0, 0.1) is 13.8 Å². The molecule has 0 heterocycles. The zero-order chi connectivity index (χ0) is 12.8. The van der Waals surface area contributed by atoms with Gasteiger partial charge in [-0.05, 0) is 49.6 Å². The zero-order valence-electron chi connectivity index (χ0n) is 10.7. The maximum atomic E-state index is 10.6. The summed E-state index contributed by atoms with van der Waals surface area (Å²) in [6, 6.07) is 4.04. The van der Waals surface area contributed by atoms with Gasteiger partial charge in [0.05, 0.1) is 13.7 Å². The molecule has 1 rings (SSSR count). The van der Waals surface area contributed by atoms with Crippen LogP contribution in [0.4, 0.5) is 0 Å². The van der Waals surface area contributed by atoms with E-state index in [0.29, 0.717) is 0 Å². The first-order chi connectivity index (χ1) is 8.06. The molecule has 0 unspecified atom stereocenters. The molecule has 0 bridgehead atoms. The van der Waals surface area contributed by atoms with E-state index in [4.69, 9.17) is 10.5 Å². The standard InChI is InChI=1S/C13H20N2O2/c1-9-10(2)12(17-3)5-4-11(9)6-7-15-8-13(14)16/h4-5,15H,6-8H2,1-3H3,(H2,14,16). The summed E-state index contributed by atoms with van der Waals surface area (Å²) in [7, 11) is 1.68. The molecule has 1 amide bonds. The first kappa shape index (κ1) is 13.5. The van der Waals surface area contributed by atoms with Crippen molar-refractivity contribution in [2.45, 2.75) is 20.3 Å². The summed E-state index contributed by atoms with van der Waals surface area (Å²) in [6.07, 6.45) is 0.879. The van der Waals surface area contributed by atoms with Crippen molar-refractivity contribution >= 4 is 5.91 Å². The van der Waals surface area contributed by atoms with Gasteiger partial charge in [0.15, 0.2) is 0 Å². The molecule has 94 valence electrons. The molecule has 17 heavy (non-hydrogen) atoms. The van der Waals surface area contributed by atoms with Crippen molar-refractivity contribution in [3.63, 3.8) is 0 Å². The van der Waals surface area contributed by atoms with Gasteiger partial charge in [-0.2, -0.15) is 0 Å². The second-order valence-corrected chi connectivity index (χ2v) is 4.07. The molecule has 0 aliphatic heterocycles. The Morgan fingerprint density at radius 1 is 1.35 bits per heavy atom. The predicted octanol–water partition coefficient (Wildman–Crippen LogP) is 0.929. The molecular weight excluding hydrogens is 216 g/mol. The second kappa shape index (κ2) is 6.25. The van der Waals surface area contributed by atoms with Crippen LogP contribution in [-0.2, 0) is 11.2 Å². The number of hydrogen-bond donors (Lipinski definition) is 2. The van der Waals surface area contributed by atoms with Crippen molar-refractivity contribution in [2.75, 3.05) is 20.2 Å². The molecule has 0 saturated carbocycles. The minimum absolute atomic E-state index is 0.230. The molecular formula is C13H20N2O2. The highest BCUT2D eigenvalue weighted by Gasteiger charge is 2.06. The molecule has 0 saturated heterocycles. The third kappa shape index (κ3) is 3.75. The molecule has 1 aromatic rings. The van der Waals surface area contributed by atoms with Gasteiger partial charge in [-0.25, -0.2) is 0 Å². The van der Waals surface area contributed by atoms with Gasteiger partial charge in [0.1, 0.15) is 5.75 Å². The average molecular weight is 236 g/mol. The number of primary amides is 1. The Bertz CT molecular complexity index is 403. The van der Waals surface area contributed by atoms with Crippen LogP contribution < -0.4 is 15.8 Å². The molecule has 4 nitrogen and oxygen atoms in total. The van der Waals surface area contributed by atoms with E-state index >= 15 is 0 Å². The molecule has 0 aromatic heterocycles. The normalized spacial score (nSPS) is 10.3. The monoisotopic (exact) mass is 236 g/mol. The van der Waals surface area contributed by atoms with Gasteiger partial charge in [0.2, 0.25) is 5.91 Å². The van der Waals surface area contributed by atoms with Gasteiger partial charge in [0.25, 0.3) is 0 Å². The first-order valence-electron chi connectivity index (χ1n) is 5.68. The molecule has 0 radical (unpaired) electrons. The van der Waals surface area contributed by atoms with Crippen molar-refractivity contribution in [3.05, 3.63) is 28.8 Å². The Kier molecular flexibility index (Phi) is 4.97. The fourth-order valence-electron chi connectivity index (χ4n) is 1.78. The maximum Gasteiger partial charge on any atom is 0.231 e. The van der Waals surface area contributed by atoms with Crippen LogP contribution >= 0.6 is 0 Å². The van der Waals surface area contributed by atoms with Crippen molar-refractivity contribution in [3.8, 4) is 5.75 Å². The van der Waals surface area contributed by atoms with E-state index in [1.54, 1.807) is 7.11 Å². The number of nitrogens with two attached hydrogens (primary N) is 1. The fourth-order valence-corrected chi connectivity index (χ4v) is 1.78. The maximum absolute atomic E-state index is 10.6. The van der Waals surface area contributed by atoms with Crippen molar-refractivity contribution in [1.82, 2.24) is 5.32 Å². The van der Waals surface area contributed by atoms with Crippen LogP contribution in [0.1, 0.15) is 16.7 Å². The van der Waals surface area contributed by atoms with Crippen molar-refractivity contribution in [1.29, 1.82) is 0 Å². The number of carbonyl (C=O) groups excluding carboxylic acids is 1. The molecule has 0 aliphatic carbocycles. The molecule has 4 heteroatoms. The van der Waals surface area contributed by atoms with Gasteiger partial charge in [-0.15, -0.1) is 0 Å². The van der Waals surface area contributed by atoms with E-state index in [9.17, 15) is 4.79 Å². The summed E-state index contributed by atoms with van der Waals surface area (Å²) in [5.74, 6) is 0.587. The van der Waals surface area contributed by atoms with Crippen LogP contribution in [0.5, 0.6) is 5.75 Å². The lowest BCUT2D eigenvalue weighted by molar-refractivity contribution is -0.117. The molecule has 1 aromatic carbocycles. The van der Waals surface area contributed by atoms with Crippen molar-refractivity contribution in [2.24, 2.45) is 5.73 Å². The highest BCUT2D eigenvalue weighted by Crippen LogP contribution is 2.23. The molecule has 0 spiro atoms. The highest BCUT2D eigenvalue weighted by molar-refractivity contribution is 5.75. The van der Waals surface area contributed by atoms with Gasteiger partial charge >= 0.3 is 0 Å². The van der Waals surface area contributed by atoms with Crippen LogP contribution in [0.25, 0.3) is 0 Å². The molecule has 0 aliphatic rings. The Morgan fingerprint density at radius 3 is 2.65 bits per heavy atom. The number of rotatable bonds is 6. The SMILES string of the molecule is COc1ccc(CCNCC(N)=O)c(C)c1C. The Hall–Kier alpha value is -1.55. The Balaban J connectivity index is 2.60. The lowest BCUT2D eigenvalue weighted by Gasteiger charge is -2.12.